The fraction of sp³-hybridized carbons (Fsp3) is 0.208. The highest BCUT2D eigenvalue weighted by Crippen LogP contribution is 2.27. The Morgan fingerprint density at radius 1 is 1.10 bits per heavy atom. The lowest BCUT2D eigenvalue weighted by Gasteiger charge is -2.13. The topological polar surface area (TPSA) is 84.2 Å². The Balaban J connectivity index is 1.57. The quantitative estimate of drug-likeness (QED) is 0.597. The molecule has 1 amide bonds. The zero-order valence-corrected chi connectivity index (χ0v) is 17.2. The molecule has 30 heavy (non-hydrogen) atoms. The normalized spacial score (nSPS) is 10.2. The predicted molar refractivity (Wildman–Crippen MR) is 115 cm³/mol. The number of rotatable bonds is 7. The van der Waals surface area contributed by atoms with Gasteiger partial charge in [0.2, 0.25) is 11.8 Å². The van der Waals surface area contributed by atoms with Crippen LogP contribution in [-0.4, -0.2) is 17.5 Å². The maximum absolute atomic E-state index is 12.3. The van der Waals surface area contributed by atoms with E-state index in [4.69, 9.17) is 14.7 Å². The molecule has 1 heterocycles. The summed E-state index contributed by atoms with van der Waals surface area (Å²) in [6.07, 6.45) is 1.81. The molecule has 0 aliphatic carbocycles. The van der Waals surface area contributed by atoms with Gasteiger partial charge in [-0.15, -0.1) is 0 Å². The average molecular weight is 401 g/mol. The van der Waals surface area contributed by atoms with Crippen molar-refractivity contribution < 1.29 is 14.3 Å². The molecule has 0 aliphatic rings. The van der Waals surface area contributed by atoms with Crippen LogP contribution in [0.4, 0.5) is 5.69 Å². The Kier molecular flexibility index (Phi) is 6.66. The number of nitrogens with one attached hydrogen (secondary N) is 1. The van der Waals surface area contributed by atoms with Crippen LogP contribution in [0, 0.1) is 32.1 Å². The van der Waals surface area contributed by atoms with Crippen molar-refractivity contribution >= 4 is 11.6 Å². The van der Waals surface area contributed by atoms with Crippen LogP contribution in [0.2, 0.25) is 0 Å². The summed E-state index contributed by atoms with van der Waals surface area (Å²) in [5, 5.41) is 12.0. The number of hydrogen-bond donors (Lipinski definition) is 1. The number of aryl methyl sites for hydroxylation is 2. The first kappa shape index (κ1) is 20.9. The van der Waals surface area contributed by atoms with Crippen LogP contribution in [0.1, 0.15) is 28.7 Å². The molecule has 0 aliphatic heterocycles. The van der Waals surface area contributed by atoms with Gasteiger partial charge in [-0.2, -0.15) is 5.26 Å². The lowest BCUT2D eigenvalue weighted by Crippen LogP contribution is -2.16. The molecule has 0 fully saturated rings. The van der Waals surface area contributed by atoms with E-state index in [-0.39, 0.29) is 18.2 Å². The highest BCUT2D eigenvalue weighted by atomic mass is 16.5. The summed E-state index contributed by atoms with van der Waals surface area (Å²) in [7, 11) is 0. The Morgan fingerprint density at radius 2 is 1.93 bits per heavy atom. The van der Waals surface area contributed by atoms with Crippen molar-refractivity contribution in [1.82, 2.24) is 4.98 Å². The molecule has 0 radical (unpaired) electrons. The zero-order chi connectivity index (χ0) is 21.5. The van der Waals surface area contributed by atoms with E-state index in [0.717, 1.165) is 22.4 Å². The maximum Gasteiger partial charge on any atom is 0.237 e. The third-order valence-corrected chi connectivity index (χ3v) is 4.72. The van der Waals surface area contributed by atoms with E-state index >= 15 is 0 Å². The van der Waals surface area contributed by atoms with E-state index in [1.807, 2.05) is 45.0 Å². The van der Waals surface area contributed by atoms with Gasteiger partial charge in [0.25, 0.3) is 0 Å². The summed E-state index contributed by atoms with van der Waals surface area (Å²) < 4.78 is 11.5. The highest BCUT2D eigenvalue weighted by molar-refractivity contribution is 5.91. The lowest BCUT2D eigenvalue weighted by atomic mass is 10.1. The third-order valence-electron chi connectivity index (χ3n) is 4.72. The SMILES string of the molecule is Cc1cc(Oc2ncccc2C#N)ccc1NC(=O)CCOc1cccc(C)c1C. The van der Waals surface area contributed by atoms with Crippen molar-refractivity contribution in [3.63, 3.8) is 0 Å². The molecule has 3 rings (SSSR count). The number of nitriles is 1. The minimum atomic E-state index is -0.131. The Bertz CT molecular complexity index is 1100. The molecule has 6 heteroatoms. The Hall–Kier alpha value is -3.85. The van der Waals surface area contributed by atoms with Crippen LogP contribution in [0.3, 0.4) is 0 Å². The van der Waals surface area contributed by atoms with Crippen molar-refractivity contribution in [3.8, 4) is 23.4 Å². The van der Waals surface area contributed by atoms with E-state index in [2.05, 4.69) is 10.3 Å². The Morgan fingerprint density at radius 3 is 2.70 bits per heavy atom. The van der Waals surface area contributed by atoms with Gasteiger partial charge in [0, 0.05) is 11.9 Å². The predicted octanol–water partition coefficient (Wildman–Crippen LogP) is 5.08. The minimum Gasteiger partial charge on any atom is -0.493 e. The number of amides is 1. The van der Waals surface area contributed by atoms with Gasteiger partial charge in [0.05, 0.1) is 13.0 Å². The van der Waals surface area contributed by atoms with Gasteiger partial charge in [0.15, 0.2) is 0 Å². The van der Waals surface area contributed by atoms with Gasteiger partial charge in [-0.3, -0.25) is 4.79 Å². The number of carbonyl (C=O) groups is 1. The van der Waals surface area contributed by atoms with Crippen LogP contribution in [0.15, 0.2) is 54.7 Å². The summed E-state index contributed by atoms with van der Waals surface area (Å²) in [5.74, 6) is 1.46. The molecule has 1 N–H and O–H groups in total. The smallest absolute Gasteiger partial charge is 0.237 e. The van der Waals surface area contributed by atoms with Crippen LogP contribution in [0.5, 0.6) is 17.4 Å². The fourth-order valence-corrected chi connectivity index (χ4v) is 2.86. The van der Waals surface area contributed by atoms with Crippen LogP contribution in [-0.2, 0) is 4.79 Å². The zero-order valence-electron chi connectivity index (χ0n) is 17.2. The molecule has 152 valence electrons. The van der Waals surface area contributed by atoms with Gasteiger partial charge >= 0.3 is 0 Å². The molecule has 0 saturated heterocycles. The van der Waals surface area contributed by atoms with Gasteiger partial charge in [-0.1, -0.05) is 12.1 Å². The number of anilines is 1. The second kappa shape index (κ2) is 9.57. The molecule has 0 saturated carbocycles. The molecule has 0 spiro atoms. The van der Waals surface area contributed by atoms with Crippen LogP contribution >= 0.6 is 0 Å². The van der Waals surface area contributed by atoms with E-state index in [1.165, 1.54) is 0 Å². The summed E-state index contributed by atoms with van der Waals surface area (Å²) in [6.45, 7) is 6.20. The van der Waals surface area contributed by atoms with Gasteiger partial charge in [-0.25, -0.2) is 4.98 Å². The number of nitrogens with zero attached hydrogens (tertiary/aromatic N) is 2. The van der Waals surface area contributed by atoms with Gasteiger partial charge in [-0.05, 0) is 73.9 Å². The lowest BCUT2D eigenvalue weighted by molar-refractivity contribution is -0.116. The number of aromatic nitrogens is 1. The molecule has 6 nitrogen and oxygen atoms in total. The largest absolute Gasteiger partial charge is 0.493 e. The monoisotopic (exact) mass is 401 g/mol. The van der Waals surface area contributed by atoms with Crippen molar-refractivity contribution in [2.45, 2.75) is 27.2 Å². The van der Waals surface area contributed by atoms with Gasteiger partial charge < -0.3 is 14.8 Å². The maximum atomic E-state index is 12.3. The van der Waals surface area contributed by atoms with Crippen molar-refractivity contribution in [1.29, 1.82) is 5.26 Å². The molecule has 2 aromatic carbocycles. The molecular formula is C24H23N3O3. The third kappa shape index (κ3) is 5.15. The summed E-state index contributed by atoms with van der Waals surface area (Å²) in [6, 6.07) is 16.5. The highest BCUT2D eigenvalue weighted by Gasteiger charge is 2.10. The van der Waals surface area contributed by atoms with Crippen molar-refractivity contribution in [3.05, 3.63) is 77.0 Å². The molecule has 0 bridgehead atoms. The number of pyridine rings is 1. The van der Waals surface area contributed by atoms with E-state index < -0.39 is 0 Å². The van der Waals surface area contributed by atoms with E-state index in [9.17, 15) is 4.79 Å². The van der Waals surface area contributed by atoms with E-state index in [1.54, 1.807) is 36.5 Å². The van der Waals surface area contributed by atoms with E-state index in [0.29, 0.717) is 23.6 Å². The fourth-order valence-electron chi connectivity index (χ4n) is 2.86. The van der Waals surface area contributed by atoms with Crippen LogP contribution < -0.4 is 14.8 Å². The number of carbonyl (C=O) groups excluding carboxylic acids is 1. The molecule has 3 aromatic rings. The number of benzene rings is 2. The minimum absolute atomic E-state index is 0.131. The summed E-state index contributed by atoms with van der Waals surface area (Å²) in [4.78, 5) is 16.4. The standard InChI is InChI=1S/C24H23N3O3/c1-16-6-4-8-22(18(16)3)29-13-11-23(28)27-21-10-9-20(14-17(21)2)30-24-19(15-25)7-5-12-26-24/h4-10,12,14H,11,13H2,1-3H3,(H,27,28). The number of hydrogen-bond acceptors (Lipinski definition) is 5. The summed E-state index contributed by atoms with van der Waals surface area (Å²) >= 11 is 0. The number of ether oxygens (including phenoxy) is 2. The second-order valence-corrected chi connectivity index (χ2v) is 6.89. The molecular weight excluding hydrogens is 378 g/mol. The van der Waals surface area contributed by atoms with Gasteiger partial charge in [0.1, 0.15) is 23.1 Å². The first-order chi connectivity index (χ1) is 14.5. The van der Waals surface area contributed by atoms with Crippen molar-refractivity contribution in [2.75, 3.05) is 11.9 Å². The van der Waals surface area contributed by atoms with Crippen LogP contribution in [0.25, 0.3) is 0 Å². The molecule has 0 atom stereocenters. The summed E-state index contributed by atoms with van der Waals surface area (Å²) in [5.41, 5.74) is 4.13. The first-order valence-electron chi connectivity index (χ1n) is 9.60. The molecule has 1 aromatic heterocycles. The molecule has 0 unspecified atom stereocenters. The average Bonchev–Trinajstić information content (AvgIpc) is 2.73. The Labute approximate surface area is 176 Å². The first-order valence-corrected chi connectivity index (χ1v) is 9.60. The second-order valence-electron chi connectivity index (χ2n) is 6.89. The van der Waals surface area contributed by atoms with Crippen molar-refractivity contribution in [2.24, 2.45) is 0 Å².